The highest BCUT2D eigenvalue weighted by Crippen LogP contribution is 2.23. The van der Waals surface area contributed by atoms with Crippen LogP contribution in [0.15, 0.2) is 27.8 Å². The van der Waals surface area contributed by atoms with Crippen LogP contribution in [0.4, 0.5) is 4.39 Å². The Kier molecular flexibility index (Phi) is 6.18. The van der Waals surface area contributed by atoms with Crippen molar-refractivity contribution in [3.8, 4) is 0 Å². The van der Waals surface area contributed by atoms with E-state index < -0.39 is 21.7 Å². The molecule has 0 saturated carbocycles. The molecular weight excluding hydrogens is 453 g/mol. The molecule has 2 aliphatic heterocycles. The second kappa shape index (κ2) is 8.28. The van der Waals surface area contributed by atoms with E-state index in [2.05, 4.69) is 21.0 Å². The van der Waals surface area contributed by atoms with Gasteiger partial charge in [-0.15, -0.1) is 0 Å². The van der Waals surface area contributed by atoms with Crippen molar-refractivity contribution in [2.75, 3.05) is 18.1 Å². The van der Waals surface area contributed by atoms with Crippen LogP contribution in [0.25, 0.3) is 0 Å². The minimum atomic E-state index is -3.18. The molecule has 2 aliphatic rings. The zero-order valence-electron chi connectivity index (χ0n) is 15.4. The highest BCUT2D eigenvalue weighted by atomic mass is 79.9. The highest BCUT2D eigenvalue weighted by Gasteiger charge is 2.37. The summed E-state index contributed by atoms with van der Waals surface area (Å²) < 4.78 is 38.2. The molecule has 1 saturated heterocycles. The number of rotatable bonds is 5. The lowest BCUT2D eigenvalue weighted by atomic mass is 10.1. The molecule has 2 heterocycles. The second-order valence-corrected chi connectivity index (χ2v) is 10.0. The number of hydrogen-bond donors (Lipinski definition) is 0. The fourth-order valence-corrected chi connectivity index (χ4v) is 5.46. The molecule has 1 unspecified atom stereocenters. The molecule has 1 fully saturated rings. The number of carbonyl (C=O) groups excluding carboxylic acids is 2. The van der Waals surface area contributed by atoms with Crippen LogP contribution in [0.1, 0.15) is 31.7 Å². The number of hydrogen-bond acceptors (Lipinski definition) is 5. The van der Waals surface area contributed by atoms with Crippen molar-refractivity contribution in [2.24, 2.45) is 5.10 Å². The number of nitrogens with zero attached hydrogens (tertiary/aromatic N) is 3. The van der Waals surface area contributed by atoms with E-state index in [1.807, 2.05) is 0 Å². The summed E-state index contributed by atoms with van der Waals surface area (Å²) in [6, 6.07) is 4.00. The van der Waals surface area contributed by atoms with Crippen molar-refractivity contribution >= 4 is 43.3 Å². The lowest BCUT2D eigenvalue weighted by Crippen LogP contribution is -2.45. The SMILES string of the molecule is CCN(Cc1cc(Br)ccc1F)C(=O)C1=NN(C2CCS(=O)(=O)C2)C(=O)CC1. The van der Waals surface area contributed by atoms with Crippen molar-refractivity contribution < 1.29 is 22.4 Å². The van der Waals surface area contributed by atoms with Crippen molar-refractivity contribution in [1.82, 2.24) is 9.91 Å². The van der Waals surface area contributed by atoms with E-state index in [9.17, 15) is 22.4 Å². The molecule has 0 spiro atoms. The van der Waals surface area contributed by atoms with Gasteiger partial charge in [-0.05, 0) is 31.5 Å². The van der Waals surface area contributed by atoms with Crippen molar-refractivity contribution in [2.45, 2.75) is 38.8 Å². The molecule has 3 rings (SSSR count). The van der Waals surface area contributed by atoms with Gasteiger partial charge in [-0.1, -0.05) is 15.9 Å². The predicted octanol–water partition coefficient (Wildman–Crippen LogP) is 2.10. The van der Waals surface area contributed by atoms with E-state index in [1.165, 1.54) is 11.0 Å². The van der Waals surface area contributed by atoms with E-state index in [0.29, 0.717) is 23.0 Å². The summed E-state index contributed by atoms with van der Waals surface area (Å²) in [4.78, 5) is 26.6. The summed E-state index contributed by atoms with van der Waals surface area (Å²) in [6.07, 6.45) is 0.606. The number of carbonyl (C=O) groups is 2. The molecule has 1 aromatic rings. The summed E-state index contributed by atoms with van der Waals surface area (Å²) >= 11 is 3.30. The molecule has 1 atom stereocenters. The third kappa shape index (κ3) is 4.60. The first-order valence-corrected chi connectivity index (χ1v) is 11.6. The lowest BCUT2D eigenvalue weighted by Gasteiger charge is -2.29. The van der Waals surface area contributed by atoms with Crippen molar-refractivity contribution in [3.63, 3.8) is 0 Å². The largest absolute Gasteiger partial charge is 0.333 e. The van der Waals surface area contributed by atoms with E-state index in [4.69, 9.17) is 0 Å². The van der Waals surface area contributed by atoms with Gasteiger partial charge in [0.2, 0.25) is 5.91 Å². The maximum atomic E-state index is 14.1. The Morgan fingerprint density at radius 2 is 2.14 bits per heavy atom. The minimum absolute atomic E-state index is 0.0174. The molecule has 0 aromatic heterocycles. The summed E-state index contributed by atoms with van der Waals surface area (Å²) in [5.41, 5.74) is 0.567. The van der Waals surface area contributed by atoms with Gasteiger partial charge in [-0.2, -0.15) is 5.10 Å². The van der Waals surface area contributed by atoms with Crippen LogP contribution in [-0.4, -0.2) is 59.9 Å². The van der Waals surface area contributed by atoms with E-state index >= 15 is 0 Å². The van der Waals surface area contributed by atoms with Gasteiger partial charge in [0.1, 0.15) is 11.5 Å². The van der Waals surface area contributed by atoms with Gasteiger partial charge in [-0.25, -0.2) is 17.8 Å². The lowest BCUT2D eigenvalue weighted by molar-refractivity contribution is -0.134. The third-order valence-corrected chi connectivity index (χ3v) is 7.14. The standard InChI is InChI=1S/C18H21BrFN3O4S/c1-2-22(10-12-9-13(19)3-4-15(12)20)18(25)16-5-6-17(24)23(21-16)14-7-8-28(26,27)11-14/h3-4,9,14H,2,5-8,10-11H2,1H3. The van der Waals surface area contributed by atoms with Crippen LogP contribution in [0.5, 0.6) is 0 Å². The molecular formula is C18H21BrFN3O4S. The molecule has 0 bridgehead atoms. The maximum absolute atomic E-state index is 14.1. The maximum Gasteiger partial charge on any atom is 0.270 e. The summed E-state index contributed by atoms with van der Waals surface area (Å²) in [5.74, 6) is -1.18. The van der Waals surface area contributed by atoms with Gasteiger partial charge in [-0.3, -0.25) is 9.59 Å². The first-order valence-electron chi connectivity index (χ1n) is 9.03. The van der Waals surface area contributed by atoms with Gasteiger partial charge in [0.25, 0.3) is 5.91 Å². The van der Waals surface area contributed by atoms with Gasteiger partial charge in [0.05, 0.1) is 17.5 Å². The molecule has 28 heavy (non-hydrogen) atoms. The Morgan fingerprint density at radius 1 is 1.39 bits per heavy atom. The topological polar surface area (TPSA) is 87.1 Å². The average molecular weight is 474 g/mol. The smallest absolute Gasteiger partial charge is 0.270 e. The Labute approximate surface area is 171 Å². The predicted molar refractivity (Wildman–Crippen MR) is 106 cm³/mol. The third-order valence-electron chi connectivity index (χ3n) is 4.90. The van der Waals surface area contributed by atoms with Gasteiger partial charge in [0.15, 0.2) is 9.84 Å². The molecule has 0 radical (unpaired) electrons. The highest BCUT2D eigenvalue weighted by molar-refractivity contribution is 9.10. The molecule has 7 nitrogen and oxygen atoms in total. The van der Waals surface area contributed by atoms with Crippen molar-refractivity contribution in [1.29, 1.82) is 0 Å². The van der Waals surface area contributed by atoms with Gasteiger partial charge < -0.3 is 4.90 Å². The summed E-state index contributed by atoms with van der Waals surface area (Å²) in [5, 5.41) is 5.36. The van der Waals surface area contributed by atoms with Crippen LogP contribution in [0.3, 0.4) is 0 Å². The number of halogens is 2. The van der Waals surface area contributed by atoms with Crippen LogP contribution in [0.2, 0.25) is 0 Å². The van der Waals surface area contributed by atoms with Crippen molar-refractivity contribution in [3.05, 3.63) is 34.1 Å². The number of sulfone groups is 1. The van der Waals surface area contributed by atoms with E-state index in [0.717, 1.165) is 5.01 Å². The zero-order valence-corrected chi connectivity index (χ0v) is 17.8. The Morgan fingerprint density at radius 3 is 2.79 bits per heavy atom. The molecule has 152 valence electrons. The molecule has 0 N–H and O–H groups in total. The van der Waals surface area contributed by atoms with Crippen LogP contribution in [-0.2, 0) is 26.0 Å². The van der Waals surface area contributed by atoms with Gasteiger partial charge >= 0.3 is 0 Å². The first kappa shape index (κ1) is 20.9. The summed E-state index contributed by atoms with van der Waals surface area (Å²) in [6.45, 7) is 2.20. The molecule has 1 aromatic carbocycles. The molecule has 2 amide bonds. The van der Waals surface area contributed by atoms with Crippen LogP contribution in [0, 0.1) is 5.82 Å². The molecule has 10 heteroatoms. The molecule has 0 aliphatic carbocycles. The minimum Gasteiger partial charge on any atom is -0.333 e. The van der Waals surface area contributed by atoms with E-state index in [-0.39, 0.29) is 48.4 Å². The van der Waals surface area contributed by atoms with Gasteiger partial charge in [0, 0.05) is 36.0 Å². The Balaban J connectivity index is 1.80. The number of benzene rings is 1. The first-order chi connectivity index (χ1) is 13.2. The number of hydrazone groups is 1. The summed E-state index contributed by atoms with van der Waals surface area (Å²) in [7, 11) is -3.18. The fourth-order valence-electron chi connectivity index (χ4n) is 3.36. The normalized spacial score (nSPS) is 21.5. The number of amides is 2. The quantitative estimate of drug-likeness (QED) is 0.654. The average Bonchev–Trinajstić information content (AvgIpc) is 3.02. The Hall–Kier alpha value is -1.81. The van der Waals surface area contributed by atoms with E-state index in [1.54, 1.807) is 19.1 Å². The zero-order chi connectivity index (χ0) is 20.5. The second-order valence-electron chi connectivity index (χ2n) is 6.90. The fraction of sp³-hybridized carbons (Fsp3) is 0.500. The Bertz CT molecular complexity index is 935. The van der Waals surface area contributed by atoms with Crippen LogP contribution >= 0.6 is 15.9 Å². The monoisotopic (exact) mass is 473 g/mol. The van der Waals surface area contributed by atoms with Crippen LogP contribution < -0.4 is 0 Å².